The van der Waals surface area contributed by atoms with Crippen LogP contribution < -0.4 is 33.2 Å². The third-order valence-electron chi connectivity index (χ3n) is 20.1. The van der Waals surface area contributed by atoms with E-state index in [-0.39, 0.29) is 78.4 Å². The van der Waals surface area contributed by atoms with E-state index in [1.165, 1.54) is 90.1 Å². The fraction of sp³-hybridized carbons (Fsp3) is 0.353. The van der Waals surface area contributed by atoms with Crippen LogP contribution in [0.5, 0.6) is 40.2 Å². The third kappa shape index (κ3) is 41.2. The van der Waals surface area contributed by atoms with Crippen molar-refractivity contribution in [2.24, 2.45) is 0 Å². The molecule has 0 bridgehead atoms. The molecule has 5 amide bonds. The number of aryl methyl sites for hydroxylation is 2. The molecule has 133 heavy (non-hydrogen) atoms. The second-order valence-corrected chi connectivity index (χ2v) is 38.0. The van der Waals surface area contributed by atoms with Gasteiger partial charge in [-0.3, -0.25) is 24.0 Å². The fourth-order valence-corrected chi connectivity index (χ4v) is 17.8. The average molecular weight is 1960 g/mol. The predicted octanol–water partition coefficient (Wildman–Crippen LogP) is 23.1. The molecule has 0 heterocycles. The summed E-state index contributed by atoms with van der Waals surface area (Å²) in [4.78, 5) is 85.9. The molecule has 1 unspecified atom stereocenters. The Morgan fingerprint density at radius 1 is 0.368 bits per heavy atom. The van der Waals surface area contributed by atoms with Crippen molar-refractivity contribution < 1.29 is 89.1 Å². The molecule has 0 aliphatic carbocycles. The van der Waals surface area contributed by atoms with E-state index in [0.717, 1.165) is 74.7 Å². The molecule has 0 saturated carbocycles. The number of thioether (sulfide) groups is 4. The number of ether oxygens (including phenoxy) is 7. The number of amides is 5. The summed E-state index contributed by atoms with van der Waals surface area (Å²) in [7, 11) is 17.9. The zero-order valence-electron chi connectivity index (χ0n) is 78.1. The Morgan fingerprint density at radius 2 is 0.662 bits per heavy atom. The Bertz CT molecular complexity index is 5170. The maximum atomic E-state index is 13.4. The van der Waals surface area contributed by atoms with Crippen LogP contribution in [-0.4, -0.2) is 182 Å². The summed E-state index contributed by atoms with van der Waals surface area (Å²) in [5.74, 6) is 6.13. The van der Waals surface area contributed by atoms with E-state index in [1.807, 2.05) is 75.5 Å². The SMILES string of the molecule is COc1ccc(Cl)cc1CN(C)C(=O)CCCSc1ccc(OC(C)C)cc1.COc1ccc(F)cc1CN(C)C(=O)CCCSc1ccc(C(=O)O)c(C)c1.COc1ccc(F)cc1CN(C)C(=O)CCCSc1ccc(C)cc1.COc1ccc(F)cc1CN(C)C(=O)CCCSc1ccc(Cl)cc1.COc1ccc([S+]([O-])CCCC(=O)N(C)Cc2cc(F)ccc2OC)cc1. The number of nitrogens with zero attached hydrogens (tertiary/aromatic N) is 5. The Balaban J connectivity index is 0.000000256. The molecule has 1 atom stereocenters. The molecule has 1 N–H and O–H groups in total. The largest absolute Gasteiger partial charge is 0.611 e. The number of carboxylic acid groups (broad SMARTS) is 1. The van der Waals surface area contributed by atoms with Gasteiger partial charge in [-0.15, -0.1) is 47.0 Å². The molecule has 10 rings (SSSR count). The van der Waals surface area contributed by atoms with Gasteiger partial charge in [0.05, 0.1) is 54.3 Å². The number of hydrogen-bond donors (Lipinski definition) is 1. The Labute approximate surface area is 811 Å². The molecule has 0 saturated heterocycles. The van der Waals surface area contributed by atoms with Crippen LogP contribution in [0.2, 0.25) is 10.0 Å². The minimum absolute atomic E-state index is 0.0238. The van der Waals surface area contributed by atoms with E-state index in [9.17, 15) is 50.9 Å². The molecule has 0 aliphatic heterocycles. The van der Waals surface area contributed by atoms with Gasteiger partial charge < -0.3 is 67.3 Å². The lowest BCUT2D eigenvalue weighted by molar-refractivity contribution is -0.131. The van der Waals surface area contributed by atoms with Crippen LogP contribution in [0.3, 0.4) is 0 Å². The molecule has 10 aromatic carbocycles. The zero-order chi connectivity index (χ0) is 97.5. The van der Waals surface area contributed by atoms with Crippen LogP contribution in [0, 0.1) is 37.1 Å². The highest BCUT2D eigenvalue weighted by atomic mass is 35.5. The summed E-state index contributed by atoms with van der Waals surface area (Å²) in [6.45, 7) is 9.54. The number of carbonyl (C=O) groups is 6. The maximum absolute atomic E-state index is 13.4. The lowest BCUT2D eigenvalue weighted by atomic mass is 10.1. The second kappa shape index (κ2) is 60.1. The van der Waals surface area contributed by atoms with E-state index < -0.39 is 17.1 Å². The number of methoxy groups -OCH3 is 6. The molecule has 0 radical (unpaired) electrons. The summed E-state index contributed by atoms with van der Waals surface area (Å²) in [5.41, 5.74) is 5.74. The van der Waals surface area contributed by atoms with E-state index in [4.69, 9.17) is 61.5 Å². The van der Waals surface area contributed by atoms with Crippen LogP contribution in [-0.2, 0) is 67.9 Å². The first kappa shape index (κ1) is 111. The molecular weight excluding hydrogens is 1840 g/mol. The monoisotopic (exact) mass is 1960 g/mol. The Morgan fingerprint density at radius 3 is 0.985 bits per heavy atom. The molecule has 31 heteroatoms. The number of rotatable bonds is 44. The standard InChI is InChI=1S/C22H28ClNO3S.C21H24FNO4S.C20H24FNO4S.C20H24FNO2S.C19H21ClFNO2S/c1-16(2)27-19-8-10-20(11-9-19)28-13-5-6-22(25)24(3)15-17-14-18(23)7-12-21(17)26-4;1-14-11-17(7-8-18(14)21(25)26)28-10-4-5-20(24)23(2)13-15-12-16(22)6-9-19(15)27-3;1-22(14-15-13-16(21)6-11-19(15)26-3)20(23)5-4-12-27(24)18-9-7-17(25-2)8-10-18;1-15-6-9-18(10-7-15)25-12-4-5-20(23)22(2)14-16-13-17(21)8-11-19(16)24-3;1-22(13-14-12-16(21)7-10-18(14)24-2)19(23)4-3-11-25-17-8-5-15(20)6-9-17/h7-12,14,16H,5-6,13,15H2,1-4H3;6-9,11-12H,4-5,10,13H2,1-3H3,(H,25,26);6-11,13H,4-5,12,14H2,1-3H3;6-11,13H,4-5,12,14H2,1-3H3;5-10,12H,3-4,11,13H2,1-2H3. The number of halogens is 6. The number of benzene rings is 10. The van der Waals surface area contributed by atoms with E-state index in [1.54, 1.807) is 190 Å². The smallest absolute Gasteiger partial charge is 0.335 e. The van der Waals surface area contributed by atoms with Gasteiger partial charge in [0, 0.05) is 164 Å². The third-order valence-corrected chi connectivity index (χ3v) is 26.4. The van der Waals surface area contributed by atoms with Crippen molar-refractivity contribution in [3.63, 3.8) is 0 Å². The minimum Gasteiger partial charge on any atom is -0.611 e. The van der Waals surface area contributed by atoms with Gasteiger partial charge in [-0.05, 0) is 287 Å². The summed E-state index contributed by atoms with van der Waals surface area (Å²) in [5, 5.41) is 10.4. The van der Waals surface area contributed by atoms with Crippen molar-refractivity contribution in [1.29, 1.82) is 0 Å². The van der Waals surface area contributed by atoms with Crippen LogP contribution in [0.15, 0.2) is 231 Å². The molecule has 0 spiro atoms. The van der Waals surface area contributed by atoms with Gasteiger partial charge >= 0.3 is 5.97 Å². The molecule has 0 fully saturated rings. The summed E-state index contributed by atoms with van der Waals surface area (Å²) in [6.07, 6.45) is 5.87. The highest BCUT2D eigenvalue weighted by Crippen LogP contribution is 2.32. The highest BCUT2D eigenvalue weighted by molar-refractivity contribution is 8.00. The first-order chi connectivity index (χ1) is 63.6. The van der Waals surface area contributed by atoms with Gasteiger partial charge in [-0.2, -0.15) is 0 Å². The Kier molecular flexibility index (Phi) is 50.3. The van der Waals surface area contributed by atoms with Crippen molar-refractivity contribution in [2.45, 2.75) is 155 Å². The fourth-order valence-electron chi connectivity index (χ4n) is 12.9. The van der Waals surface area contributed by atoms with Crippen LogP contribution in [0.25, 0.3) is 0 Å². The molecule has 716 valence electrons. The molecule has 20 nitrogen and oxygen atoms in total. The van der Waals surface area contributed by atoms with Crippen LogP contribution >= 0.6 is 70.2 Å². The molecule has 0 aromatic heterocycles. The number of carbonyl (C=O) groups excluding carboxylic acids is 5. The van der Waals surface area contributed by atoms with E-state index in [2.05, 4.69) is 43.3 Å². The normalized spacial score (nSPS) is 10.8. The second-order valence-electron chi connectivity index (χ2n) is 30.9. The van der Waals surface area contributed by atoms with E-state index in [0.29, 0.717) is 135 Å². The van der Waals surface area contributed by atoms with Gasteiger partial charge in [0.1, 0.15) is 69.3 Å². The lowest BCUT2D eigenvalue weighted by Gasteiger charge is -2.19. The maximum Gasteiger partial charge on any atom is 0.335 e. The number of aromatic carboxylic acids is 1. The summed E-state index contributed by atoms with van der Waals surface area (Å²) >= 11 is 17.5. The topological polar surface area (TPSA) is 227 Å². The first-order valence-electron chi connectivity index (χ1n) is 42.9. The first-order valence-corrected chi connectivity index (χ1v) is 48.9. The molecular formula is C102H121Cl2F4N5O15S5. The highest BCUT2D eigenvalue weighted by Gasteiger charge is 2.21. The van der Waals surface area contributed by atoms with Gasteiger partial charge in [0.15, 0.2) is 4.90 Å². The van der Waals surface area contributed by atoms with Gasteiger partial charge in [0.2, 0.25) is 29.5 Å². The zero-order valence-corrected chi connectivity index (χ0v) is 83.7. The van der Waals surface area contributed by atoms with Crippen molar-refractivity contribution in [1.82, 2.24) is 24.5 Å². The quantitative estimate of drug-likeness (QED) is 0.0162. The molecule has 10 aromatic rings. The van der Waals surface area contributed by atoms with Crippen LogP contribution in [0.4, 0.5) is 17.6 Å². The summed E-state index contributed by atoms with van der Waals surface area (Å²) < 4.78 is 103. The van der Waals surface area contributed by atoms with Crippen molar-refractivity contribution >= 4 is 117 Å². The van der Waals surface area contributed by atoms with Crippen molar-refractivity contribution in [3.05, 3.63) is 284 Å². The van der Waals surface area contributed by atoms with Crippen molar-refractivity contribution in [2.75, 3.05) is 107 Å². The van der Waals surface area contributed by atoms with Crippen molar-refractivity contribution in [3.8, 4) is 40.2 Å². The van der Waals surface area contributed by atoms with Crippen LogP contribution in [0.1, 0.15) is 127 Å². The van der Waals surface area contributed by atoms with Gasteiger partial charge in [-0.25, -0.2) is 22.4 Å². The van der Waals surface area contributed by atoms with E-state index >= 15 is 0 Å². The van der Waals surface area contributed by atoms with Gasteiger partial charge in [0.25, 0.3) is 0 Å². The molecule has 0 aliphatic rings. The predicted molar refractivity (Wildman–Crippen MR) is 528 cm³/mol. The average Bonchev–Trinajstić information content (AvgIpc) is 0.881. The summed E-state index contributed by atoms with van der Waals surface area (Å²) in [6, 6.07) is 59.0. The number of carboxylic acids is 1. The lowest BCUT2D eigenvalue weighted by Crippen LogP contribution is -2.26. The van der Waals surface area contributed by atoms with Gasteiger partial charge in [-0.1, -0.05) is 40.9 Å². The Hall–Kier alpha value is -10.4. The minimum atomic E-state index is -1.17. The number of hydrogen-bond acceptors (Lipinski definition) is 18.